The first-order valence-corrected chi connectivity index (χ1v) is 6.68. The second kappa shape index (κ2) is 6.02. The van der Waals surface area contributed by atoms with Crippen molar-refractivity contribution in [2.75, 3.05) is 26.0 Å². The Bertz CT molecular complexity index is 372. The summed E-state index contributed by atoms with van der Waals surface area (Å²) in [6.07, 6.45) is 2.64. The Kier molecular flexibility index (Phi) is 4.39. The minimum atomic E-state index is 0.0700. The van der Waals surface area contributed by atoms with Crippen LogP contribution in [-0.2, 0) is 9.53 Å². The Labute approximate surface area is 105 Å². The molecule has 0 N–H and O–H groups in total. The number of hydrogen-bond donors (Lipinski definition) is 0. The van der Waals surface area contributed by atoms with E-state index in [1.54, 1.807) is 25.1 Å². The molecule has 4 nitrogen and oxygen atoms in total. The van der Waals surface area contributed by atoms with Crippen LogP contribution in [0.15, 0.2) is 24.4 Å². The second-order valence-electron chi connectivity index (χ2n) is 3.85. The fourth-order valence-electron chi connectivity index (χ4n) is 1.84. The van der Waals surface area contributed by atoms with Crippen LogP contribution >= 0.6 is 11.8 Å². The Balaban J connectivity index is 2.03. The molecule has 1 aromatic heterocycles. The molecule has 1 saturated heterocycles. The lowest BCUT2D eigenvalue weighted by molar-refractivity contribution is -0.128. The number of methoxy groups -OCH3 is 1. The number of nitrogens with zero attached hydrogens (tertiary/aromatic N) is 2. The molecule has 1 aliphatic rings. The van der Waals surface area contributed by atoms with E-state index in [1.807, 2.05) is 23.1 Å². The minimum Gasteiger partial charge on any atom is -0.385 e. The van der Waals surface area contributed by atoms with Crippen LogP contribution in [0.4, 0.5) is 0 Å². The van der Waals surface area contributed by atoms with Crippen LogP contribution in [0, 0.1) is 0 Å². The fraction of sp³-hybridized carbons (Fsp3) is 0.500. The highest BCUT2D eigenvalue weighted by Crippen LogP contribution is 2.37. The van der Waals surface area contributed by atoms with E-state index in [0.717, 1.165) is 18.7 Å². The van der Waals surface area contributed by atoms with Gasteiger partial charge in [-0.3, -0.25) is 9.78 Å². The van der Waals surface area contributed by atoms with Crippen molar-refractivity contribution in [1.82, 2.24) is 9.88 Å². The molecule has 2 rings (SSSR count). The molecule has 0 saturated carbocycles. The average molecular weight is 252 g/mol. The molecule has 1 aromatic rings. The molecule has 0 aliphatic carbocycles. The molecular formula is C12H16N2O2S. The first-order valence-electron chi connectivity index (χ1n) is 5.64. The molecule has 1 aliphatic heterocycles. The van der Waals surface area contributed by atoms with Gasteiger partial charge >= 0.3 is 0 Å². The summed E-state index contributed by atoms with van der Waals surface area (Å²) in [6, 6.07) is 5.82. The molecular weight excluding hydrogens is 236 g/mol. The van der Waals surface area contributed by atoms with Gasteiger partial charge in [0.1, 0.15) is 5.37 Å². The van der Waals surface area contributed by atoms with Crippen molar-refractivity contribution < 1.29 is 9.53 Å². The third kappa shape index (κ3) is 2.98. The van der Waals surface area contributed by atoms with Gasteiger partial charge < -0.3 is 9.64 Å². The first kappa shape index (κ1) is 12.4. The molecule has 0 bridgehead atoms. The zero-order valence-corrected chi connectivity index (χ0v) is 10.7. The topological polar surface area (TPSA) is 42.4 Å². The van der Waals surface area contributed by atoms with Crippen LogP contribution in [-0.4, -0.2) is 41.8 Å². The fourth-order valence-corrected chi connectivity index (χ4v) is 3.02. The van der Waals surface area contributed by atoms with Crippen molar-refractivity contribution in [3.63, 3.8) is 0 Å². The number of hydrogen-bond acceptors (Lipinski definition) is 4. The van der Waals surface area contributed by atoms with E-state index in [0.29, 0.717) is 12.4 Å². The quantitative estimate of drug-likeness (QED) is 0.748. The van der Waals surface area contributed by atoms with Gasteiger partial charge in [0, 0.05) is 26.5 Å². The molecule has 1 atom stereocenters. The number of thioether (sulfide) groups is 1. The summed E-state index contributed by atoms with van der Waals surface area (Å²) < 4.78 is 5.02. The van der Waals surface area contributed by atoms with Gasteiger partial charge in [0.2, 0.25) is 5.91 Å². The number of ether oxygens (including phenoxy) is 1. The van der Waals surface area contributed by atoms with Gasteiger partial charge in [-0.1, -0.05) is 6.07 Å². The number of carbonyl (C=O) groups excluding carboxylic acids is 1. The third-order valence-electron chi connectivity index (χ3n) is 2.66. The first-order chi connectivity index (χ1) is 8.33. The van der Waals surface area contributed by atoms with Crippen LogP contribution in [0.2, 0.25) is 0 Å². The summed E-state index contributed by atoms with van der Waals surface area (Å²) in [5.41, 5.74) is 0.959. The summed E-state index contributed by atoms with van der Waals surface area (Å²) in [6.45, 7) is 1.42. The van der Waals surface area contributed by atoms with Crippen molar-refractivity contribution in [3.05, 3.63) is 30.1 Å². The molecule has 2 heterocycles. The summed E-state index contributed by atoms with van der Waals surface area (Å²) >= 11 is 1.64. The Morgan fingerprint density at radius 3 is 3.18 bits per heavy atom. The number of rotatable bonds is 5. The zero-order valence-electron chi connectivity index (χ0n) is 9.83. The summed E-state index contributed by atoms with van der Waals surface area (Å²) in [4.78, 5) is 18.0. The molecule has 17 heavy (non-hydrogen) atoms. The lowest BCUT2D eigenvalue weighted by Crippen LogP contribution is -2.30. The van der Waals surface area contributed by atoms with Gasteiger partial charge in [0.15, 0.2) is 0 Å². The minimum absolute atomic E-state index is 0.0700. The van der Waals surface area contributed by atoms with Gasteiger partial charge in [-0.25, -0.2) is 0 Å². The smallest absolute Gasteiger partial charge is 0.233 e. The number of carbonyl (C=O) groups is 1. The zero-order chi connectivity index (χ0) is 12.1. The highest BCUT2D eigenvalue weighted by atomic mass is 32.2. The Morgan fingerprint density at radius 1 is 1.59 bits per heavy atom. The van der Waals surface area contributed by atoms with Crippen LogP contribution in [0.25, 0.3) is 0 Å². The van der Waals surface area contributed by atoms with E-state index in [2.05, 4.69) is 4.98 Å². The molecule has 0 spiro atoms. The predicted octanol–water partition coefficient (Wildman–Crippen LogP) is 1.69. The maximum absolute atomic E-state index is 11.8. The monoisotopic (exact) mass is 252 g/mol. The van der Waals surface area contributed by atoms with Crippen molar-refractivity contribution >= 4 is 17.7 Å². The molecule has 92 valence electrons. The van der Waals surface area contributed by atoms with Gasteiger partial charge in [0.25, 0.3) is 0 Å². The Morgan fingerprint density at radius 2 is 2.47 bits per heavy atom. The standard InChI is InChI=1S/C12H16N2O2S/c1-16-8-4-7-14-11(15)9-17-12(14)10-5-2-3-6-13-10/h2-3,5-6,12H,4,7-9H2,1H3. The van der Waals surface area contributed by atoms with Crippen molar-refractivity contribution in [2.24, 2.45) is 0 Å². The molecule has 1 amide bonds. The maximum Gasteiger partial charge on any atom is 0.233 e. The molecule has 1 unspecified atom stereocenters. The van der Waals surface area contributed by atoms with E-state index in [1.165, 1.54) is 0 Å². The molecule has 1 fully saturated rings. The van der Waals surface area contributed by atoms with Crippen LogP contribution < -0.4 is 0 Å². The normalized spacial score (nSPS) is 19.9. The van der Waals surface area contributed by atoms with Gasteiger partial charge in [0.05, 0.1) is 11.4 Å². The highest BCUT2D eigenvalue weighted by Gasteiger charge is 2.32. The van der Waals surface area contributed by atoms with Crippen LogP contribution in [0.5, 0.6) is 0 Å². The predicted molar refractivity (Wildman–Crippen MR) is 67.6 cm³/mol. The van der Waals surface area contributed by atoms with Crippen LogP contribution in [0.3, 0.4) is 0 Å². The van der Waals surface area contributed by atoms with Crippen molar-refractivity contribution in [2.45, 2.75) is 11.8 Å². The largest absolute Gasteiger partial charge is 0.385 e. The summed E-state index contributed by atoms with van der Waals surface area (Å²) in [7, 11) is 1.68. The number of pyridine rings is 1. The summed E-state index contributed by atoms with van der Waals surface area (Å²) in [5, 5.41) is 0.0700. The van der Waals surface area contributed by atoms with E-state index in [-0.39, 0.29) is 11.3 Å². The van der Waals surface area contributed by atoms with E-state index in [4.69, 9.17) is 4.74 Å². The van der Waals surface area contributed by atoms with Crippen molar-refractivity contribution in [3.8, 4) is 0 Å². The molecule has 5 heteroatoms. The molecule has 0 aromatic carbocycles. The van der Waals surface area contributed by atoms with E-state index >= 15 is 0 Å². The molecule has 0 radical (unpaired) electrons. The maximum atomic E-state index is 11.8. The number of amides is 1. The number of aromatic nitrogens is 1. The van der Waals surface area contributed by atoms with E-state index < -0.39 is 0 Å². The second-order valence-corrected chi connectivity index (χ2v) is 4.92. The van der Waals surface area contributed by atoms with Crippen molar-refractivity contribution in [1.29, 1.82) is 0 Å². The van der Waals surface area contributed by atoms with Gasteiger partial charge in [-0.15, -0.1) is 11.8 Å². The third-order valence-corrected chi connectivity index (χ3v) is 3.88. The Hall–Kier alpha value is -1.07. The lowest BCUT2D eigenvalue weighted by Gasteiger charge is -2.23. The SMILES string of the molecule is COCCCN1C(=O)CSC1c1ccccn1. The summed E-state index contributed by atoms with van der Waals surface area (Å²) in [5.74, 6) is 0.746. The van der Waals surface area contributed by atoms with Crippen LogP contribution in [0.1, 0.15) is 17.5 Å². The highest BCUT2D eigenvalue weighted by molar-refractivity contribution is 8.00. The van der Waals surface area contributed by atoms with Gasteiger partial charge in [-0.2, -0.15) is 0 Å². The van der Waals surface area contributed by atoms with E-state index in [9.17, 15) is 4.79 Å². The lowest BCUT2D eigenvalue weighted by atomic mass is 10.3. The average Bonchev–Trinajstić information content (AvgIpc) is 2.73. The van der Waals surface area contributed by atoms with Gasteiger partial charge in [-0.05, 0) is 18.6 Å².